The molecule has 1 unspecified atom stereocenters. The molecule has 1 aliphatic rings. The van der Waals surface area contributed by atoms with Crippen LogP contribution < -0.4 is 4.74 Å². The largest absolute Gasteiger partial charge is 0.489 e. The molecule has 0 bridgehead atoms. The number of aromatic nitrogens is 1. The summed E-state index contributed by atoms with van der Waals surface area (Å²) in [5.74, 6) is 0.907. The fraction of sp³-hybridized carbons (Fsp3) is 0.353. The number of hydrogen-bond donors (Lipinski definition) is 0. The number of rotatable bonds is 4. The van der Waals surface area contributed by atoms with Crippen LogP contribution in [0.25, 0.3) is 0 Å². The Balaban J connectivity index is 1.75. The molecule has 0 spiro atoms. The van der Waals surface area contributed by atoms with E-state index in [-0.39, 0.29) is 6.10 Å². The van der Waals surface area contributed by atoms with Crippen molar-refractivity contribution in [2.75, 3.05) is 7.11 Å². The summed E-state index contributed by atoms with van der Waals surface area (Å²) in [5.41, 5.74) is 3.80. The van der Waals surface area contributed by atoms with Gasteiger partial charge in [0.2, 0.25) is 0 Å². The lowest BCUT2D eigenvalue weighted by atomic mass is 9.89. The highest BCUT2D eigenvalue weighted by atomic mass is 16.5. The molecule has 104 valence electrons. The van der Waals surface area contributed by atoms with E-state index >= 15 is 0 Å². The predicted molar refractivity (Wildman–Crippen MR) is 77.7 cm³/mol. The predicted octanol–water partition coefficient (Wildman–Crippen LogP) is 3.68. The standard InChI is InChI=1S/C17H19NO2/c1-19-17-4-2-3-14-5-6-15(11-16(14)17)20-12-13-7-9-18-10-8-13/h5-11,17H,2-4,12H2,1H3. The van der Waals surface area contributed by atoms with Crippen molar-refractivity contribution < 1.29 is 9.47 Å². The van der Waals surface area contributed by atoms with Gasteiger partial charge in [0.25, 0.3) is 0 Å². The number of pyridine rings is 1. The van der Waals surface area contributed by atoms with Gasteiger partial charge in [-0.25, -0.2) is 0 Å². The van der Waals surface area contributed by atoms with E-state index in [1.165, 1.54) is 17.5 Å². The maximum Gasteiger partial charge on any atom is 0.120 e. The van der Waals surface area contributed by atoms with Gasteiger partial charge < -0.3 is 9.47 Å². The van der Waals surface area contributed by atoms with Gasteiger partial charge in [-0.3, -0.25) is 4.98 Å². The second-order valence-electron chi connectivity index (χ2n) is 5.12. The molecular weight excluding hydrogens is 250 g/mol. The van der Waals surface area contributed by atoms with Crippen molar-refractivity contribution in [3.05, 3.63) is 59.4 Å². The van der Waals surface area contributed by atoms with Crippen LogP contribution in [0, 0.1) is 0 Å². The summed E-state index contributed by atoms with van der Waals surface area (Å²) in [4.78, 5) is 4.01. The molecule has 2 aromatic rings. The Kier molecular flexibility index (Phi) is 3.97. The van der Waals surface area contributed by atoms with Crippen molar-refractivity contribution in [1.29, 1.82) is 0 Å². The van der Waals surface area contributed by atoms with Crippen LogP contribution in [0.2, 0.25) is 0 Å². The second-order valence-corrected chi connectivity index (χ2v) is 5.12. The molecule has 3 nitrogen and oxygen atoms in total. The fourth-order valence-electron chi connectivity index (χ4n) is 2.71. The van der Waals surface area contributed by atoms with E-state index in [0.29, 0.717) is 6.61 Å². The van der Waals surface area contributed by atoms with Gasteiger partial charge in [-0.05, 0) is 60.2 Å². The molecular formula is C17H19NO2. The number of fused-ring (bicyclic) bond motifs is 1. The Bertz CT molecular complexity index is 568. The van der Waals surface area contributed by atoms with E-state index in [1.807, 2.05) is 12.1 Å². The van der Waals surface area contributed by atoms with Crippen LogP contribution in [0.3, 0.4) is 0 Å². The van der Waals surface area contributed by atoms with Crippen LogP contribution in [0.15, 0.2) is 42.7 Å². The summed E-state index contributed by atoms with van der Waals surface area (Å²) in [7, 11) is 1.78. The van der Waals surface area contributed by atoms with Gasteiger partial charge in [-0.1, -0.05) is 6.07 Å². The Morgan fingerprint density at radius 3 is 2.85 bits per heavy atom. The SMILES string of the molecule is COC1CCCc2ccc(OCc3ccncc3)cc21. The first-order valence-corrected chi connectivity index (χ1v) is 7.04. The van der Waals surface area contributed by atoms with E-state index < -0.39 is 0 Å². The van der Waals surface area contributed by atoms with E-state index in [1.54, 1.807) is 19.5 Å². The number of benzene rings is 1. The van der Waals surface area contributed by atoms with Gasteiger partial charge in [0.05, 0.1) is 6.10 Å². The van der Waals surface area contributed by atoms with Crippen LogP contribution in [0.5, 0.6) is 5.75 Å². The highest BCUT2D eigenvalue weighted by Crippen LogP contribution is 2.34. The van der Waals surface area contributed by atoms with E-state index in [2.05, 4.69) is 23.2 Å². The van der Waals surface area contributed by atoms with Crippen molar-refractivity contribution in [2.24, 2.45) is 0 Å². The molecule has 1 aromatic heterocycles. The minimum absolute atomic E-state index is 0.211. The zero-order valence-corrected chi connectivity index (χ0v) is 11.7. The van der Waals surface area contributed by atoms with E-state index in [4.69, 9.17) is 9.47 Å². The van der Waals surface area contributed by atoms with Crippen molar-refractivity contribution >= 4 is 0 Å². The highest BCUT2D eigenvalue weighted by Gasteiger charge is 2.20. The summed E-state index contributed by atoms with van der Waals surface area (Å²) in [5, 5.41) is 0. The molecule has 0 N–H and O–H groups in total. The van der Waals surface area contributed by atoms with Crippen LogP contribution in [0.4, 0.5) is 0 Å². The summed E-state index contributed by atoms with van der Waals surface area (Å²) < 4.78 is 11.4. The third-order valence-corrected chi connectivity index (χ3v) is 3.82. The number of nitrogens with zero attached hydrogens (tertiary/aromatic N) is 1. The van der Waals surface area contributed by atoms with Crippen molar-refractivity contribution in [3.63, 3.8) is 0 Å². The summed E-state index contributed by atoms with van der Waals surface area (Å²) in [6, 6.07) is 10.3. The summed E-state index contributed by atoms with van der Waals surface area (Å²) in [6.07, 6.45) is 7.21. The lowest BCUT2D eigenvalue weighted by Gasteiger charge is -2.24. The van der Waals surface area contributed by atoms with E-state index in [0.717, 1.165) is 24.2 Å². The third-order valence-electron chi connectivity index (χ3n) is 3.82. The average molecular weight is 269 g/mol. The summed E-state index contributed by atoms with van der Waals surface area (Å²) >= 11 is 0. The van der Waals surface area contributed by atoms with Crippen molar-refractivity contribution in [2.45, 2.75) is 32.0 Å². The molecule has 0 radical (unpaired) electrons. The Labute approximate surface area is 119 Å². The number of ether oxygens (including phenoxy) is 2. The summed E-state index contributed by atoms with van der Waals surface area (Å²) in [6.45, 7) is 0.568. The lowest BCUT2D eigenvalue weighted by molar-refractivity contribution is 0.0878. The topological polar surface area (TPSA) is 31.4 Å². The number of aryl methyl sites for hydroxylation is 1. The average Bonchev–Trinajstić information content (AvgIpc) is 2.53. The van der Waals surface area contributed by atoms with Gasteiger partial charge in [0, 0.05) is 19.5 Å². The minimum Gasteiger partial charge on any atom is -0.489 e. The van der Waals surface area contributed by atoms with Gasteiger partial charge in [0.15, 0.2) is 0 Å². The first kappa shape index (κ1) is 13.1. The second kappa shape index (κ2) is 6.06. The Morgan fingerprint density at radius 1 is 1.20 bits per heavy atom. The Hall–Kier alpha value is -1.87. The number of hydrogen-bond acceptors (Lipinski definition) is 3. The highest BCUT2D eigenvalue weighted by molar-refractivity contribution is 5.38. The van der Waals surface area contributed by atoms with Crippen LogP contribution >= 0.6 is 0 Å². The Morgan fingerprint density at radius 2 is 2.05 bits per heavy atom. The third kappa shape index (κ3) is 2.83. The van der Waals surface area contributed by atoms with Crippen LogP contribution in [-0.2, 0) is 17.8 Å². The molecule has 0 fully saturated rings. The molecule has 0 aliphatic heterocycles. The maximum atomic E-state index is 5.87. The molecule has 1 atom stereocenters. The molecule has 20 heavy (non-hydrogen) atoms. The molecule has 1 heterocycles. The first-order valence-electron chi connectivity index (χ1n) is 7.04. The normalized spacial score (nSPS) is 17.6. The van der Waals surface area contributed by atoms with Crippen molar-refractivity contribution in [3.8, 4) is 5.75 Å². The molecule has 1 aliphatic carbocycles. The molecule has 1 aromatic carbocycles. The number of methoxy groups -OCH3 is 1. The first-order chi connectivity index (χ1) is 9.86. The maximum absolute atomic E-state index is 5.87. The molecule has 3 rings (SSSR count). The zero-order chi connectivity index (χ0) is 13.8. The van der Waals surface area contributed by atoms with Gasteiger partial charge in [-0.2, -0.15) is 0 Å². The molecule has 0 saturated carbocycles. The smallest absolute Gasteiger partial charge is 0.120 e. The molecule has 3 heteroatoms. The van der Waals surface area contributed by atoms with Gasteiger partial charge in [-0.15, -0.1) is 0 Å². The van der Waals surface area contributed by atoms with Crippen molar-refractivity contribution in [1.82, 2.24) is 4.98 Å². The molecule has 0 amide bonds. The monoisotopic (exact) mass is 269 g/mol. The van der Waals surface area contributed by atoms with Crippen LogP contribution in [0.1, 0.15) is 35.6 Å². The van der Waals surface area contributed by atoms with Gasteiger partial charge in [0.1, 0.15) is 12.4 Å². The fourth-order valence-corrected chi connectivity index (χ4v) is 2.71. The lowest BCUT2D eigenvalue weighted by Crippen LogP contribution is -2.11. The minimum atomic E-state index is 0.211. The molecule has 0 saturated heterocycles. The zero-order valence-electron chi connectivity index (χ0n) is 11.7. The van der Waals surface area contributed by atoms with E-state index in [9.17, 15) is 0 Å². The van der Waals surface area contributed by atoms with Crippen LogP contribution in [-0.4, -0.2) is 12.1 Å². The quantitative estimate of drug-likeness (QED) is 0.848. The van der Waals surface area contributed by atoms with Gasteiger partial charge >= 0.3 is 0 Å².